The van der Waals surface area contributed by atoms with E-state index in [2.05, 4.69) is 10.3 Å². The van der Waals surface area contributed by atoms with Gasteiger partial charge in [-0.05, 0) is 29.8 Å². The van der Waals surface area contributed by atoms with E-state index in [1.807, 2.05) is 60.3 Å². The molecule has 0 spiro atoms. The van der Waals surface area contributed by atoms with Crippen LogP contribution in [0, 0.1) is 0 Å². The summed E-state index contributed by atoms with van der Waals surface area (Å²) in [6, 6.07) is 13.4. The van der Waals surface area contributed by atoms with Crippen molar-refractivity contribution >= 4 is 17.3 Å². The number of halogens is 1. The summed E-state index contributed by atoms with van der Waals surface area (Å²) >= 11 is 6.18. The summed E-state index contributed by atoms with van der Waals surface area (Å²) in [5.74, 6) is 2.40. The van der Waals surface area contributed by atoms with Crippen LogP contribution in [0.1, 0.15) is 17.4 Å². The SMILES string of the molecule is Cn1ccnc1C(Nc1ccc2c(c1)OCO2)c1cccc(Cl)c1. The lowest BCUT2D eigenvalue weighted by molar-refractivity contribution is 0.174. The van der Waals surface area contributed by atoms with Crippen LogP contribution >= 0.6 is 11.6 Å². The Kier molecular flexibility index (Phi) is 3.78. The fraction of sp³-hybridized carbons (Fsp3) is 0.167. The molecule has 2 heterocycles. The maximum absolute atomic E-state index is 6.18. The van der Waals surface area contributed by atoms with Crippen LogP contribution in [0.25, 0.3) is 0 Å². The molecule has 1 atom stereocenters. The van der Waals surface area contributed by atoms with Gasteiger partial charge in [-0.25, -0.2) is 4.98 Å². The first-order chi connectivity index (χ1) is 11.7. The molecule has 3 aromatic rings. The molecule has 1 aromatic heterocycles. The van der Waals surface area contributed by atoms with Gasteiger partial charge in [0.05, 0.1) is 0 Å². The Hall–Kier alpha value is -2.66. The average Bonchev–Trinajstić information content (AvgIpc) is 3.21. The van der Waals surface area contributed by atoms with Crippen molar-refractivity contribution in [1.82, 2.24) is 9.55 Å². The maximum Gasteiger partial charge on any atom is 0.231 e. The third kappa shape index (κ3) is 2.78. The molecule has 1 unspecified atom stereocenters. The molecular weight excluding hydrogens is 326 g/mol. The lowest BCUT2D eigenvalue weighted by atomic mass is 10.1. The van der Waals surface area contributed by atoms with Gasteiger partial charge >= 0.3 is 0 Å². The highest BCUT2D eigenvalue weighted by Crippen LogP contribution is 2.36. The molecule has 122 valence electrons. The van der Waals surface area contributed by atoms with Gasteiger partial charge in [-0.1, -0.05) is 23.7 Å². The van der Waals surface area contributed by atoms with Crippen LogP contribution in [-0.2, 0) is 7.05 Å². The molecule has 0 amide bonds. The first-order valence-electron chi connectivity index (χ1n) is 7.59. The van der Waals surface area contributed by atoms with Crippen LogP contribution in [0.15, 0.2) is 54.9 Å². The Morgan fingerprint density at radius 3 is 2.83 bits per heavy atom. The van der Waals surface area contributed by atoms with E-state index in [0.717, 1.165) is 28.6 Å². The Balaban J connectivity index is 1.72. The Morgan fingerprint density at radius 2 is 2.04 bits per heavy atom. The molecule has 5 nitrogen and oxygen atoms in total. The van der Waals surface area contributed by atoms with Crippen molar-refractivity contribution in [2.24, 2.45) is 7.05 Å². The smallest absolute Gasteiger partial charge is 0.231 e. The summed E-state index contributed by atoms with van der Waals surface area (Å²) < 4.78 is 12.8. The second-order valence-corrected chi connectivity index (χ2v) is 6.03. The summed E-state index contributed by atoms with van der Waals surface area (Å²) in [4.78, 5) is 4.49. The van der Waals surface area contributed by atoms with Crippen molar-refractivity contribution in [2.45, 2.75) is 6.04 Å². The molecule has 1 aliphatic heterocycles. The Morgan fingerprint density at radius 1 is 1.17 bits per heavy atom. The number of fused-ring (bicyclic) bond motifs is 1. The van der Waals surface area contributed by atoms with Crippen molar-refractivity contribution in [2.75, 3.05) is 12.1 Å². The molecule has 24 heavy (non-hydrogen) atoms. The van der Waals surface area contributed by atoms with Crippen LogP contribution in [0.3, 0.4) is 0 Å². The molecule has 4 rings (SSSR count). The van der Waals surface area contributed by atoms with Crippen molar-refractivity contribution in [3.05, 3.63) is 71.3 Å². The fourth-order valence-electron chi connectivity index (χ4n) is 2.79. The van der Waals surface area contributed by atoms with Gasteiger partial charge in [-0.15, -0.1) is 0 Å². The predicted octanol–water partition coefficient (Wildman–Crippen LogP) is 4.00. The van der Waals surface area contributed by atoms with Crippen LogP contribution in [0.4, 0.5) is 5.69 Å². The predicted molar refractivity (Wildman–Crippen MR) is 92.7 cm³/mol. The van der Waals surface area contributed by atoms with Gasteiger partial charge in [0.25, 0.3) is 0 Å². The second-order valence-electron chi connectivity index (χ2n) is 5.60. The lowest BCUT2D eigenvalue weighted by Crippen LogP contribution is -2.16. The number of ether oxygens (including phenoxy) is 2. The summed E-state index contributed by atoms with van der Waals surface area (Å²) in [6.45, 7) is 0.260. The number of aryl methyl sites for hydroxylation is 1. The zero-order chi connectivity index (χ0) is 16.5. The minimum Gasteiger partial charge on any atom is -0.454 e. The highest BCUT2D eigenvalue weighted by Gasteiger charge is 2.20. The summed E-state index contributed by atoms with van der Waals surface area (Å²) in [6.07, 6.45) is 3.71. The highest BCUT2D eigenvalue weighted by molar-refractivity contribution is 6.30. The summed E-state index contributed by atoms with van der Waals surface area (Å²) in [5, 5.41) is 4.21. The van der Waals surface area contributed by atoms with Crippen molar-refractivity contribution < 1.29 is 9.47 Å². The molecule has 0 saturated carbocycles. The van der Waals surface area contributed by atoms with Gasteiger partial charge < -0.3 is 19.4 Å². The van der Waals surface area contributed by atoms with E-state index >= 15 is 0 Å². The highest BCUT2D eigenvalue weighted by atomic mass is 35.5. The minimum absolute atomic E-state index is 0.135. The van der Waals surface area contributed by atoms with Crippen LogP contribution < -0.4 is 14.8 Å². The second kappa shape index (κ2) is 6.09. The number of hydrogen-bond donors (Lipinski definition) is 1. The third-order valence-electron chi connectivity index (χ3n) is 3.98. The van der Waals surface area contributed by atoms with Gasteiger partial charge in [0, 0.05) is 36.2 Å². The third-order valence-corrected chi connectivity index (χ3v) is 4.22. The maximum atomic E-state index is 6.18. The fourth-order valence-corrected chi connectivity index (χ4v) is 2.99. The number of benzene rings is 2. The largest absolute Gasteiger partial charge is 0.454 e. The molecule has 0 bridgehead atoms. The number of imidazole rings is 1. The summed E-state index contributed by atoms with van der Waals surface area (Å²) in [7, 11) is 1.97. The van der Waals surface area contributed by atoms with E-state index in [1.165, 1.54) is 0 Å². The van der Waals surface area contributed by atoms with Gasteiger partial charge in [0.1, 0.15) is 11.9 Å². The van der Waals surface area contributed by atoms with Crippen molar-refractivity contribution in [1.29, 1.82) is 0 Å². The lowest BCUT2D eigenvalue weighted by Gasteiger charge is -2.20. The molecular formula is C18H16ClN3O2. The van der Waals surface area contributed by atoms with E-state index < -0.39 is 0 Å². The number of hydrogen-bond acceptors (Lipinski definition) is 4. The molecule has 1 N–H and O–H groups in total. The van der Waals surface area contributed by atoms with Gasteiger partial charge in [-0.3, -0.25) is 0 Å². The zero-order valence-electron chi connectivity index (χ0n) is 13.1. The number of nitrogens with zero attached hydrogens (tertiary/aromatic N) is 2. The zero-order valence-corrected chi connectivity index (χ0v) is 13.8. The molecule has 0 fully saturated rings. The monoisotopic (exact) mass is 341 g/mol. The van der Waals surface area contributed by atoms with Gasteiger partial charge in [0.2, 0.25) is 6.79 Å². The minimum atomic E-state index is -0.135. The first-order valence-corrected chi connectivity index (χ1v) is 7.97. The van der Waals surface area contributed by atoms with Gasteiger partial charge in [0.15, 0.2) is 11.5 Å². The van der Waals surface area contributed by atoms with E-state index in [9.17, 15) is 0 Å². The Bertz CT molecular complexity index is 878. The van der Waals surface area contributed by atoms with E-state index in [4.69, 9.17) is 21.1 Å². The van der Waals surface area contributed by atoms with E-state index in [1.54, 1.807) is 6.20 Å². The van der Waals surface area contributed by atoms with Crippen molar-refractivity contribution in [3.63, 3.8) is 0 Å². The standard InChI is InChI=1S/C18H16ClN3O2/c1-22-8-7-20-18(22)17(12-3-2-4-13(19)9-12)21-14-5-6-15-16(10-14)24-11-23-15/h2-10,17,21H,11H2,1H3. The van der Waals surface area contributed by atoms with Crippen LogP contribution in [-0.4, -0.2) is 16.3 Å². The van der Waals surface area contributed by atoms with Crippen LogP contribution in [0.2, 0.25) is 5.02 Å². The average molecular weight is 342 g/mol. The van der Waals surface area contributed by atoms with E-state index in [-0.39, 0.29) is 12.8 Å². The molecule has 1 aliphatic rings. The topological polar surface area (TPSA) is 48.3 Å². The number of nitrogens with one attached hydrogen (secondary N) is 1. The Labute approximate surface area is 144 Å². The molecule has 2 aromatic carbocycles. The normalized spacial score (nSPS) is 13.8. The molecule has 0 saturated heterocycles. The number of aromatic nitrogens is 2. The first kappa shape index (κ1) is 14.9. The molecule has 0 aliphatic carbocycles. The quantitative estimate of drug-likeness (QED) is 0.779. The van der Waals surface area contributed by atoms with E-state index in [0.29, 0.717) is 5.02 Å². The molecule has 6 heteroatoms. The van der Waals surface area contributed by atoms with Crippen molar-refractivity contribution in [3.8, 4) is 11.5 Å². The number of rotatable bonds is 4. The summed E-state index contributed by atoms with van der Waals surface area (Å²) in [5.41, 5.74) is 1.96. The number of anilines is 1. The molecule has 0 radical (unpaired) electrons. The van der Waals surface area contributed by atoms with Crippen LogP contribution in [0.5, 0.6) is 11.5 Å². The van der Waals surface area contributed by atoms with Gasteiger partial charge in [-0.2, -0.15) is 0 Å².